The summed E-state index contributed by atoms with van der Waals surface area (Å²) >= 11 is 0. The molecule has 0 fully saturated rings. The van der Waals surface area contributed by atoms with E-state index in [1.165, 1.54) is 0 Å². The topological polar surface area (TPSA) is 124 Å². The molecular weight excluding hydrogens is 466 g/mol. The Bertz CT molecular complexity index is 1360. The van der Waals surface area contributed by atoms with Crippen molar-refractivity contribution in [2.24, 2.45) is 0 Å². The second kappa shape index (κ2) is 10.3. The largest absolute Gasteiger partial charge is 0.508 e. The minimum absolute atomic E-state index is 0. The van der Waals surface area contributed by atoms with E-state index in [9.17, 15) is 18.6 Å². The van der Waals surface area contributed by atoms with Crippen molar-refractivity contribution >= 4 is 49.9 Å². The minimum atomic E-state index is -3.37. The lowest BCUT2D eigenvalue weighted by molar-refractivity contribution is 0.172. The molecule has 0 amide bonds. The average molecular weight is 492 g/mol. The number of nitrogens with one attached hydrogen (secondary N) is 3. The molecule has 4 aromatic rings. The summed E-state index contributed by atoms with van der Waals surface area (Å²) in [6.07, 6.45) is 0.300. The van der Waals surface area contributed by atoms with E-state index in [1.807, 2.05) is 24.3 Å². The molecule has 0 aliphatic carbocycles. The van der Waals surface area contributed by atoms with Crippen molar-refractivity contribution in [3.8, 4) is 11.5 Å². The molecule has 10 heteroatoms. The number of aromatic hydroxyl groups is 1. The van der Waals surface area contributed by atoms with E-state index in [0.29, 0.717) is 30.9 Å². The molecule has 3 aromatic carbocycles. The van der Waals surface area contributed by atoms with E-state index in [0.717, 1.165) is 33.8 Å². The summed E-state index contributed by atoms with van der Waals surface area (Å²) in [5.41, 5.74) is 2.81. The number of ether oxygens (including phenoxy) is 1. The number of halogens is 1. The molecule has 1 aromatic heterocycles. The number of fused-ring (bicyclic) bond motifs is 3. The standard InChI is InChI=1S/C23H25N3O5S.ClH/c1-32(29,30)26-16-4-2-3-15(11-16)23(28)14-24-9-10-31-18-6-8-20-19-7-5-17(27)12-21(19)25-22(20)13-18;/h2-8,11-13,23-28H,9-10,14H2,1H3;1H/t23-;/m0./s1. The van der Waals surface area contributed by atoms with Crippen molar-refractivity contribution in [3.05, 3.63) is 66.2 Å². The number of sulfonamides is 1. The number of hydrogen-bond donors (Lipinski definition) is 5. The van der Waals surface area contributed by atoms with Gasteiger partial charge in [-0.2, -0.15) is 0 Å². The van der Waals surface area contributed by atoms with Crippen LogP contribution in [-0.4, -0.2) is 49.6 Å². The molecule has 33 heavy (non-hydrogen) atoms. The predicted molar refractivity (Wildman–Crippen MR) is 133 cm³/mol. The first kappa shape index (κ1) is 24.7. The number of benzene rings is 3. The van der Waals surface area contributed by atoms with Gasteiger partial charge in [0.1, 0.15) is 18.1 Å². The number of anilines is 1. The molecule has 0 aliphatic rings. The number of phenolic OH excluding ortho intramolecular Hbond substituents is 1. The van der Waals surface area contributed by atoms with Gasteiger partial charge in [-0.05, 0) is 42.0 Å². The minimum Gasteiger partial charge on any atom is -0.508 e. The highest BCUT2D eigenvalue weighted by atomic mass is 35.5. The van der Waals surface area contributed by atoms with Gasteiger partial charge in [0.2, 0.25) is 10.0 Å². The van der Waals surface area contributed by atoms with E-state index in [1.54, 1.807) is 36.4 Å². The highest BCUT2D eigenvalue weighted by Gasteiger charge is 2.10. The number of phenols is 1. The Labute approximate surface area is 198 Å². The summed E-state index contributed by atoms with van der Waals surface area (Å²) in [7, 11) is -3.37. The third-order valence-corrected chi connectivity index (χ3v) is 5.62. The summed E-state index contributed by atoms with van der Waals surface area (Å²) in [5, 5.41) is 25.2. The first-order valence-electron chi connectivity index (χ1n) is 10.1. The van der Waals surface area contributed by atoms with Crippen molar-refractivity contribution in [1.29, 1.82) is 0 Å². The summed E-state index contributed by atoms with van der Waals surface area (Å²) < 4.78 is 30.9. The number of hydrogen-bond acceptors (Lipinski definition) is 6. The van der Waals surface area contributed by atoms with Crippen LogP contribution in [-0.2, 0) is 10.0 Å². The smallest absolute Gasteiger partial charge is 0.229 e. The molecule has 5 N–H and O–H groups in total. The number of H-pyrrole nitrogens is 1. The zero-order valence-electron chi connectivity index (χ0n) is 17.9. The quantitative estimate of drug-likeness (QED) is 0.228. The zero-order valence-corrected chi connectivity index (χ0v) is 19.5. The zero-order chi connectivity index (χ0) is 22.7. The summed E-state index contributed by atoms with van der Waals surface area (Å²) in [4.78, 5) is 3.28. The molecule has 4 rings (SSSR count). The monoisotopic (exact) mass is 491 g/mol. The van der Waals surface area contributed by atoms with E-state index < -0.39 is 16.1 Å². The second-order valence-electron chi connectivity index (χ2n) is 7.63. The van der Waals surface area contributed by atoms with Gasteiger partial charge < -0.3 is 25.3 Å². The maximum Gasteiger partial charge on any atom is 0.229 e. The Morgan fingerprint density at radius 1 is 1.03 bits per heavy atom. The Balaban J connectivity index is 0.00000306. The lowest BCUT2D eigenvalue weighted by atomic mass is 10.1. The van der Waals surface area contributed by atoms with Gasteiger partial charge in [-0.25, -0.2) is 8.42 Å². The molecule has 1 heterocycles. The van der Waals surface area contributed by atoms with Gasteiger partial charge in [-0.15, -0.1) is 12.4 Å². The van der Waals surface area contributed by atoms with Gasteiger partial charge in [-0.1, -0.05) is 12.1 Å². The average Bonchev–Trinajstić information content (AvgIpc) is 3.08. The molecule has 1 atom stereocenters. The third-order valence-electron chi connectivity index (χ3n) is 5.01. The highest BCUT2D eigenvalue weighted by Crippen LogP contribution is 2.30. The van der Waals surface area contributed by atoms with Crippen LogP contribution >= 0.6 is 12.4 Å². The van der Waals surface area contributed by atoms with Crippen LogP contribution in [0.2, 0.25) is 0 Å². The molecular formula is C23H26ClN3O5S. The van der Waals surface area contributed by atoms with Crippen LogP contribution in [0.15, 0.2) is 60.7 Å². The summed E-state index contributed by atoms with van der Waals surface area (Å²) in [5.74, 6) is 0.933. The second-order valence-corrected chi connectivity index (χ2v) is 9.38. The lowest BCUT2D eigenvalue weighted by Gasteiger charge is -2.14. The molecule has 0 spiro atoms. The summed E-state index contributed by atoms with van der Waals surface area (Å²) in [6, 6.07) is 17.7. The molecule has 0 aliphatic heterocycles. The van der Waals surface area contributed by atoms with Crippen LogP contribution in [0.25, 0.3) is 21.8 Å². The van der Waals surface area contributed by atoms with E-state index >= 15 is 0 Å². The molecule has 0 bridgehead atoms. The number of rotatable bonds is 9. The van der Waals surface area contributed by atoms with Gasteiger partial charge in [0.25, 0.3) is 0 Å². The van der Waals surface area contributed by atoms with Crippen molar-refractivity contribution in [3.63, 3.8) is 0 Å². The van der Waals surface area contributed by atoms with Crippen LogP contribution in [0.4, 0.5) is 5.69 Å². The van der Waals surface area contributed by atoms with E-state index in [2.05, 4.69) is 15.0 Å². The molecule has 8 nitrogen and oxygen atoms in total. The summed E-state index contributed by atoms with van der Waals surface area (Å²) in [6.45, 7) is 1.24. The Hall–Kier alpha value is -2.98. The van der Waals surface area contributed by atoms with Crippen LogP contribution < -0.4 is 14.8 Å². The van der Waals surface area contributed by atoms with E-state index in [4.69, 9.17) is 4.74 Å². The van der Waals surface area contributed by atoms with Crippen LogP contribution in [0, 0.1) is 0 Å². The van der Waals surface area contributed by atoms with Crippen molar-refractivity contribution in [1.82, 2.24) is 10.3 Å². The molecule has 176 valence electrons. The fourth-order valence-electron chi connectivity index (χ4n) is 3.59. The fourth-order valence-corrected chi connectivity index (χ4v) is 4.14. The van der Waals surface area contributed by atoms with E-state index in [-0.39, 0.29) is 18.2 Å². The van der Waals surface area contributed by atoms with Crippen molar-refractivity contribution < 1.29 is 23.4 Å². The molecule has 0 saturated heterocycles. The normalized spacial score (nSPS) is 12.4. The first-order valence-corrected chi connectivity index (χ1v) is 12.0. The Kier molecular flexibility index (Phi) is 7.70. The van der Waals surface area contributed by atoms with Crippen LogP contribution in [0.1, 0.15) is 11.7 Å². The Morgan fingerprint density at radius 3 is 2.52 bits per heavy atom. The number of aromatic amines is 1. The molecule has 0 saturated carbocycles. The fraction of sp³-hybridized carbons (Fsp3) is 0.217. The SMILES string of the molecule is CS(=O)(=O)Nc1cccc([C@@H](O)CNCCOc2ccc3c(c2)[nH]c2cc(O)ccc23)c1.Cl. The van der Waals surface area contributed by atoms with Crippen LogP contribution in [0.3, 0.4) is 0 Å². The lowest BCUT2D eigenvalue weighted by Crippen LogP contribution is -2.26. The van der Waals surface area contributed by atoms with Crippen LogP contribution in [0.5, 0.6) is 11.5 Å². The predicted octanol–water partition coefficient (Wildman–Crippen LogP) is 3.52. The Morgan fingerprint density at radius 2 is 1.76 bits per heavy atom. The maximum atomic E-state index is 11.4. The third kappa shape index (κ3) is 6.29. The number of aliphatic hydroxyl groups excluding tert-OH is 1. The maximum absolute atomic E-state index is 11.4. The highest BCUT2D eigenvalue weighted by molar-refractivity contribution is 7.92. The van der Waals surface area contributed by atoms with Gasteiger partial charge in [-0.3, -0.25) is 4.72 Å². The number of aliphatic hydroxyl groups is 1. The van der Waals surface area contributed by atoms with Gasteiger partial charge >= 0.3 is 0 Å². The van der Waals surface area contributed by atoms with Crippen molar-refractivity contribution in [2.75, 3.05) is 30.7 Å². The van der Waals surface area contributed by atoms with Gasteiger partial charge in [0.05, 0.1) is 23.4 Å². The van der Waals surface area contributed by atoms with Gasteiger partial charge in [0.15, 0.2) is 0 Å². The molecule has 0 unspecified atom stereocenters. The first-order chi connectivity index (χ1) is 15.3. The molecule has 0 radical (unpaired) electrons. The van der Waals surface area contributed by atoms with Crippen molar-refractivity contribution in [2.45, 2.75) is 6.10 Å². The number of aromatic nitrogens is 1. The van der Waals surface area contributed by atoms with Gasteiger partial charge in [0, 0.05) is 41.7 Å².